The lowest BCUT2D eigenvalue weighted by Gasteiger charge is -2.36. The molecule has 4 heterocycles. The van der Waals surface area contributed by atoms with Crippen LogP contribution < -0.4 is 15.0 Å². The number of urea groups is 1. The Bertz CT molecular complexity index is 1790. The van der Waals surface area contributed by atoms with Crippen LogP contribution in [0, 0.1) is 0 Å². The molecule has 0 spiro atoms. The van der Waals surface area contributed by atoms with Gasteiger partial charge in [0.2, 0.25) is 0 Å². The van der Waals surface area contributed by atoms with Crippen LogP contribution >= 0.6 is 0 Å². The Morgan fingerprint density at radius 3 is 2.56 bits per heavy atom. The molecule has 0 aliphatic carbocycles. The first kappa shape index (κ1) is 24.7. The van der Waals surface area contributed by atoms with Crippen molar-refractivity contribution in [1.82, 2.24) is 15.2 Å². The number of hydrogen-bond acceptors (Lipinski definition) is 5. The summed E-state index contributed by atoms with van der Waals surface area (Å²) in [4.78, 5) is 47.9. The second kappa shape index (κ2) is 9.71. The van der Waals surface area contributed by atoms with Crippen molar-refractivity contribution in [1.29, 1.82) is 0 Å². The molecule has 0 bridgehead atoms. The van der Waals surface area contributed by atoms with Gasteiger partial charge in [-0.25, -0.2) is 9.69 Å². The number of aromatic nitrogens is 1. The third-order valence-electron chi connectivity index (χ3n) is 7.87. The van der Waals surface area contributed by atoms with Gasteiger partial charge in [0.1, 0.15) is 23.6 Å². The predicted octanol–water partition coefficient (Wildman–Crippen LogP) is 5.18. The SMILES string of the molecule is COc1ccc(C2c3[nH]c4ccccc4c3C[C@H]3C(=O)N(c4ccccc4C(=O)NCc4ccco4)C(=O)N23)cc1. The van der Waals surface area contributed by atoms with Gasteiger partial charge in [-0.15, -0.1) is 0 Å². The zero-order valence-corrected chi connectivity index (χ0v) is 22.2. The van der Waals surface area contributed by atoms with Crippen molar-refractivity contribution in [3.8, 4) is 5.75 Å². The maximum Gasteiger partial charge on any atom is 0.332 e. The quantitative estimate of drug-likeness (QED) is 0.285. The second-order valence-electron chi connectivity index (χ2n) is 10.1. The molecular weight excluding hydrogens is 520 g/mol. The maximum atomic E-state index is 14.2. The number of furan rings is 1. The van der Waals surface area contributed by atoms with Crippen LogP contribution in [-0.2, 0) is 17.8 Å². The molecule has 204 valence electrons. The summed E-state index contributed by atoms with van der Waals surface area (Å²) >= 11 is 0. The molecule has 2 aromatic heterocycles. The standard InChI is InChI=1S/C32H26N4O5/c1-40-20-14-12-19(13-15-20)29-28-24(22-8-2-4-10-25(22)34-28)17-27-31(38)36(32(39)35(27)29)26-11-5-3-9-23(26)30(37)33-18-21-7-6-16-41-21/h2-16,27,29,34H,17-18H2,1H3,(H,33,37)/t27-,29?/m0/s1. The van der Waals surface area contributed by atoms with Crippen LogP contribution in [0.15, 0.2) is 95.6 Å². The lowest BCUT2D eigenvalue weighted by Crippen LogP contribution is -2.44. The van der Waals surface area contributed by atoms with Crippen LogP contribution in [0.1, 0.15) is 39.0 Å². The van der Waals surface area contributed by atoms with Crippen molar-refractivity contribution < 1.29 is 23.5 Å². The molecule has 5 aromatic rings. The van der Waals surface area contributed by atoms with Crippen LogP contribution in [0.3, 0.4) is 0 Å². The Balaban J connectivity index is 1.30. The van der Waals surface area contributed by atoms with Crippen LogP contribution in [0.4, 0.5) is 10.5 Å². The fourth-order valence-corrected chi connectivity index (χ4v) is 5.97. The Kier molecular flexibility index (Phi) is 5.85. The zero-order chi connectivity index (χ0) is 28.1. The number of methoxy groups -OCH3 is 1. The van der Waals surface area contributed by atoms with E-state index in [1.807, 2.05) is 48.5 Å². The molecule has 2 aliphatic rings. The smallest absolute Gasteiger partial charge is 0.332 e. The largest absolute Gasteiger partial charge is 0.497 e. The van der Waals surface area contributed by atoms with Crippen LogP contribution in [0.2, 0.25) is 0 Å². The number of nitrogens with one attached hydrogen (secondary N) is 2. The highest BCUT2D eigenvalue weighted by molar-refractivity contribution is 6.24. The summed E-state index contributed by atoms with van der Waals surface area (Å²) in [6.45, 7) is 0.179. The highest BCUT2D eigenvalue weighted by atomic mass is 16.5. The van der Waals surface area contributed by atoms with Crippen molar-refractivity contribution in [2.45, 2.75) is 25.0 Å². The van der Waals surface area contributed by atoms with Crippen molar-refractivity contribution in [2.75, 3.05) is 12.0 Å². The number of nitrogens with zero attached hydrogens (tertiary/aromatic N) is 2. The zero-order valence-electron chi connectivity index (χ0n) is 22.2. The van der Waals surface area contributed by atoms with E-state index in [9.17, 15) is 14.4 Å². The molecule has 0 radical (unpaired) electrons. The topological polar surface area (TPSA) is 108 Å². The molecule has 2 aliphatic heterocycles. The first-order valence-corrected chi connectivity index (χ1v) is 13.3. The Hall–Kier alpha value is -5.31. The summed E-state index contributed by atoms with van der Waals surface area (Å²) in [5.41, 5.74) is 4.15. The van der Waals surface area contributed by atoms with Crippen molar-refractivity contribution in [3.05, 3.63) is 119 Å². The number of para-hydroxylation sites is 2. The van der Waals surface area contributed by atoms with Gasteiger partial charge >= 0.3 is 6.03 Å². The molecule has 9 heteroatoms. The predicted molar refractivity (Wildman–Crippen MR) is 152 cm³/mol. The molecule has 0 saturated carbocycles. The van der Waals surface area contributed by atoms with Gasteiger partial charge in [-0.2, -0.15) is 0 Å². The highest BCUT2D eigenvalue weighted by Gasteiger charge is 2.53. The highest BCUT2D eigenvalue weighted by Crippen LogP contribution is 2.45. The van der Waals surface area contributed by atoms with E-state index in [4.69, 9.17) is 9.15 Å². The van der Waals surface area contributed by atoms with E-state index in [1.165, 1.54) is 6.26 Å². The third kappa shape index (κ3) is 3.97. The minimum atomic E-state index is -0.736. The van der Waals surface area contributed by atoms with E-state index in [0.29, 0.717) is 17.9 Å². The maximum absolute atomic E-state index is 14.2. The van der Waals surface area contributed by atoms with Crippen molar-refractivity contribution in [3.63, 3.8) is 0 Å². The van der Waals surface area contributed by atoms with Gasteiger partial charge in [-0.3, -0.25) is 14.5 Å². The molecule has 2 N–H and O–H groups in total. The number of ether oxygens (including phenoxy) is 1. The molecule has 41 heavy (non-hydrogen) atoms. The first-order chi connectivity index (χ1) is 20.0. The summed E-state index contributed by atoms with van der Waals surface area (Å²) in [7, 11) is 1.60. The fourth-order valence-electron chi connectivity index (χ4n) is 5.97. The average molecular weight is 547 g/mol. The van der Waals surface area contributed by atoms with Gasteiger partial charge in [-0.05, 0) is 53.6 Å². The summed E-state index contributed by atoms with van der Waals surface area (Å²) < 4.78 is 10.7. The summed E-state index contributed by atoms with van der Waals surface area (Å²) in [5, 5.41) is 3.85. The molecule has 9 nitrogen and oxygen atoms in total. The molecule has 4 amide bonds. The third-order valence-corrected chi connectivity index (χ3v) is 7.87. The van der Waals surface area contributed by atoms with E-state index < -0.39 is 24.0 Å². The molecule has 1 fully saturated rings. The fraction of sp³-hybridized carbons (Fsp3) is 0.156. The Morgan fingerprint density at radius 2 is 1.78 bits per heavy atom. The van der Waals surface area contributed by atoms with Gasteiger partial charge in [-0.1, -0.05) is 42.5 Å². The lowest BCUT2D eigenvalue weighted by atomic mass is 9.89. The van der Waals surface area contributed by atoms with E-state index in [2.05, 4.69) is 10.3 Å². The van der Waals surface area contributed by atoms with Gasteiger partial charge in [0.25, 0.3) is 11.8 Å². The number of benzene rings is 3. The van der Waals surface area contributed by atoms with Gasteiger partial charge < -0.3 is 19.5 Å². The Morgan fingerprint density at radius 1 is 1.00 bits per heavy atom. The molecule has 1 saturated heterocycles. The summed E-state index contributed by atoms with van der Waals surface area (Å²) in [6, 6.07) is 23.9. The number of imide groups is 1. The van der Waals surface area contributed by atoms with Crippen molar-refractivity contribution in [2.24, 2.45) is 0 Å². The number of fused-ring (bicyclic) bond motifs is 4. The van der Waals surface area contributed by atoms with Gasteiger partial charge in [0.15, 0.2) is 0 Å². The summed E-state index contributed by atoms with van der Waals surface area (Å²) in [6.07, 6.45) is 1.89. The van der Waals surface area contributed by atoms with Crippen LogP contribution in [0.25, 0.3) is 10.9 Å². The molecule has 2 atom stereocenters. The van der Waals surface area contributed by atoms with E-state index in [1.54, 1.807) is 48.4 Å². The number of anilines is 1. The van der Waals surface area contributed by atoms with E-state index >= 15 is 0 Å². The minimum absolute atomic E-state index is 0.179. The normalized spacial score (nSPS) is 18.0. The van der Waals surface area contributed by atoms with Crippen molar-refractivity contribution >= 4 is 34.4 Å². The Labute approximate surface area is 235 Å². The number of carbonyl (C=O) groups excluding carboxylic acids is 3. The number of aromatic amines is 1. The minimum Gasteiger partial charge on any atom is -0.497 e. The van der Waals surface area contributed by atoms with E-state index in [0.717, 1.165) is 32.6 Å². The molecule has 7 rings (SSSR count). The second-order valence-corrected chi connectivity index (χ2v) is 10.1. The monoisotopic (exact) mass is 546 g/mol. The molecule has 3 aromatic carbocycles. The average Bonchev–Trinajstić information content (AvgIpc) is 3.72. The lowest BCUT2D eigenvalue weighted by molar-refractivity contribution is -0.120. The number of amides is 4. The van der Waals surface area contributed by atoms with Crippen LogP contribution in [0.5, 0.6) is 5.75 Å². The first-order valence-electron chi connectivity index (χ1n) is 13.3. The summed E-state index contributed by atoms with van der Waals surface area (Å²) in [5.74, 6) is 0.510. The van der Waals surface area contributed by atoms with Crippen LogP contribution in [-0.4, -0.2) is 40.9 Å². The number of rotatable bonds is 6. The number of H-pyrrole nitrogens is 1. The van der Waals surface area contributed by atoms with Gasteiger partial charge in [0, 0.05) is 23.0 Å². The van der Waals surface area contributed by atoms with Gasteiger partial charge in [0.05, 0.1) is 31.2 Å². The number of carbonyl (C=O) groups is 3. The number of hydrogen-bond donors (Lipinski definition) is 2. The molecule has 1 unspecified atom stereocenters. The molecular formula is C32H26N4O5. The van der Waals surface area contributed by atoms with E-state index in [-0.39, 0.29) is 23.7 Å².